The van der Waals surface area contributed by atoms with Crippen LogP contribution in [0.25, 0.3) is 0 Å². The van der Waals surface area contributed by atoms with Crippen molar-refractivity contribution in [2.24, 2.45) is 0 Å². The van der Waals surface area contributed by atoms with Gasteiger partial charge in [-0.15, -0.1) is 0 Å². The summed E-state index contributed by atoms with van der Waals surface area (Å²) in [7, 11) is 0. The summed E-state index contributed by atoms with van der Waals surface area (Å²) in [5.74, 6) is 0. The first-order valence-electron chi connectivity index (χ1n) is 4.18. The lowest BCUT2D eigenvalue weighted by Crippen LogP contribution is -2.09. The summed E-state index contributed by atoms with van der Waals surface area (Å²) in [6, 6.07) is 10.4. The smallest absolute Gasteiger partial charge is 0.324 e. The minimum Gasteiger partial charge on any atom is -0.444 e. The molecule has 0 N–H and O–H groups in total. The quantitative estimate of drug-likeness (QED) is 0.596. The van der Waals surface area contributed by atoms with Gasteiger partial charge in [0.1, 0.15) is 0 Å². The maximum absolute atomic E-state index is 5.13. The average Bonchev–Trinajstić information content (AvgIpc) is 2.59. The molecule has 0 saturated heterocycles. The molecule has 1 aliphatic rings. The Morgan fingerprint density at radius 3 is 2.75 bits per heavy atom. The largest absolute Gasteiger partial charge is 0.444 e. The Balaban J connectivity index is 2.04. The fourth-order valence-electron chi connectivity index (χ4n) is 1.32. The molecular formula is C10H12NO+. The predicted octanol–water partition coefficient (Wildman–Crippen LogP) is 1.26. The number of nitrogens with zero attached hydrogens (tertiary/aromatic N) is 1. The molecule has 1 aromatic carbocycles. The summed E-state index contributed by atoms with van der Waals surface area (Å²) in [4.78, 5) is 0. The van der Waals surface area contributed by atoms with Gasteiger partial charge in [-0.3, -0.25) is 0 Å². The van der Waals surface area contributed by atoms with Crippen LogP contribution in [0.2, 0.25) is 0 Å². The van der Waals surface area contributed by atoms with Crippen LogP contribution < -0.4 is 0 Å². The second kappa shape index (κ2) is 3.39. The fourth-order valence-corrected chi connectivity index (χ4v) is 1.32. The van der Waals surface area contributed by atoms with Crippen molar-refractivity contribution in [2.75, 3.05) is 13.2 Å². The van der Waals surface area contributed by atoms with E-state index in [0.717, 1.165) is 19.7 Å². The topological polar surface area (TPSA) is 12.2 Å². The molecule has 0 saturated carbocycles. The van der Waals surface area contributed by atoms with Gasteiger partial charge in [-0.05, 0) is 0 Å². The molecule has 2 rings (SSSR count). The molecule has 0 bridgehead atoms. The lowest BCUT2D eigenvalue weighted by molar-refractivity contribution is -0.530. The number of benzene rings is 1. The molecule has 1 aliphatic heterocycles. The molecule has 2 heteroatoms. The molecule has 0 aromatic heterocycles. The first kappa shape index (κ1) is 7.35. The molecule has 1 heterocycles. The summed E-state index contributed by atoms with van der Waals surface area (Å²) in [6.07, 6.45) is 1.81. The van der Waals surface area contributed by atoms with E-state index in [1.807, 2.05) is 12.5 Å². The Morgan fingerprint density at radius 1 is 1.25 bits per heavy atom. The molecule has 0 spiro atoms. The van der Waals surface area contributed by atoms with E-state index in [1.54, 1.807) is 0 Å². The second-order valence-corrected chi connectivity index (χ2v) is 2.93. The molecular weight excluding hydrogens is 150 g/mol. The van der Waals surface area contributed by atoms with E-state index in [2.05, 4.69) is 28.8 Å². The predicted molar refractivity (Wildman–Crippen MR) is 47.3 cm³/mol. The third-order valence-corrected chi connectivity index (χ3v) is 1.95. The Bertz CT molecular complexity index is 279. The lowest BCUT2D eigenvalue weighted by Gasteiger charge is -1.95. The van der Waals surface area contributed by atoms with Gasteiger partial charge >= 0.3 is 6.40 Å². The van der Waals surface area contributed by atoms with Crippen LogP contribution >= 0.6 is 0 Å². The highest BCUT2D eigenvalue weighted by Crippen LogP contribution is 2.01. The second-order valence-electron chi connectivity index (χ2n) is 2.93. The van der Waals surface area contributed by atoms with Crippen molar-refractivity contribution < 1.29 is 9.31 Å². The van der Waals surface area contributed by atoms with Crippen molar-refractivity contribution in [3.63, 3.8) is 0 Å². The highest BCUT2D eigenvalue weighted by atomic mass is 16.5. The molecule has 0 aliphatic carbocycles. The Kier molecular flexibility index (Phi) is 2.08. The van der Waals surface area contributed by atoms with E-state index in [0.29, 0.717) is 0 Å². The van der Waals surface area contributed by atoms with E-state index >= 15 is 0 Å². The highest BCUT2D eigenvalue weighted by Gasteiger charge is 2.11. The molecule has 0 amide bonds. The standard InChI is InChI=1S/C10H12NO/c1-2-4-10(5-3-1)8-11-6-7-12-9-11/h1-5,9H,6-8H2/q+1. The van der Waals surface area contributed by atoms with Crippen LogP contribution in [0.3, 0.4) is 0 Å². The maximum Gasteiger partial charge on any atom is 0.324 e. The number of rotatable bonds is 2. The van der Waals surface area contributed by atoms with Crippen molar-refractivity contribution in [3.8, 4) is 0 Å². The number of ether oxygens (including phenoxy) is 1. The summed E-state index contributed by atoms with van der Waals surface area (Å²) >= 11 is 0. The van der Waals surface area contributed by atoms with Gasteiger partial charge in [-0.25, -0.2) is 0 Å². The van der Waals surface area contributed by atoms with Gasteiger partial charge in [0.25, 0.3) is 0 Å². The van der Waals surface area contributed by atoms with Gasteiger partial charge in [0.05, 0.1) is 0 Å². The van der Waals surface area contributed by atoms with Crippen molar-refractivity contribution in [1.29, 1.82) is 0 Å². The third kappa shape index (κ3) is 1.64. The molecule has 0 fully saturated rings. The van der Waals surface area contributed by atoms with Crippen molar-refractivity contribution in [2.45, 2.75) is 6.54 Å². The SMILES string of the molecule is C1=[N+](Cc2ccccc2)CCO1. The minimum absolute atomic E-state index is 0.826. The molecule has 2 nitrogen and oxygen atoms in total. The van der Waals surface area contributed by atoms with E-state index in [-0.39, 0.29) is 0 Å². The van der Waals surface area contributed by atoms with Gasteiger partial charge < -0.3 is 4.74 Å². The minimum atomic E-state index is 0.826. The summed E-state index contributed by atoms with van der Waals surface area (Å²) < 4.78 is 7.31. The van der Waals surface area contributed by atoms with Crippen molar-refractivity contribution in [3.05, 3.63) is 35.9 Å². The zero-order valence-corrected chi connectivity index (χ0v) is 6.94. The summed E-state index contributed by atoms with van der Waals surface area (Å²) in [5, 5.41) is 0. The molecule has 62 valence electrons. The fraction of sp³-hybridized carbons (Fsp3) is 0.300. The summed E-state index contributed by atoms with van der Waals surface area (Å²) in [5.41, 5.74) is 1.33. The monoisotopic (exact) mass is 162 g/mol. The van der Waals surface area contributed by atoms with Crippen LogP contribution in [-0.4, -0.2) is 24.1 Å². The van der Waals surface area contributed by atoms with Crippen LogP contribution in [0.5, 0.6) is 0 Å². The molecule has 12 heavy (non-hydrogen) atoms. The van der Waals surface area contributed by atoms with Crippen LogP contribution in [0, 0.1) is 0 Å². The zero-order valence-electron chi connectivity index (χ0n) is 6.94. The van der Waals surface area contributed by atoms with Gasteiger partial charge in [0.15, 0.2) is 19.7 Å². The van der Waals surface area contributed by atoms with Crippen LogP contribution in [0.4, 0.5) is 0 Å². The van der Waals surface area contributed by atoms with E-state index in [1.165, 1.54) is 5.56 Å². The highest BCUT2D eigenvalue weighted by molar-refractivity contribution is 5.40. The Labute approximate surface area is 72.1 Å². The molecule has 0 atom stereocenters. The maximum atomic E-state index is 5.13. The van der Waals surface area contributed by atoms with Crippen LogP contribution in [0.1, 0.15) is 5.56 Å². The Morgan fingerprint density at radius 2 is 2.08 bits per heavy atom. The van der Waals surface area contributed by atoms with Gasteiger partial charge in [0, 0.05) is 5.56 Å². The third-order valence-electron chi connectivity index (χ3n) is 1.95. The van der Waals surface area contributed by atoms with Gasteiger partial charge in [-0.2, -0.15) is 4.58 Å². The molecule has 1 aromatic rings. The van der Waals surface area contributed by atoms with E-state index < -0.39 is 0 Å². The van der Waals surface area contributed by atoms with E-state index in [9.17, 15) is 0 Å². The first-order valence-corrected chi connectivity index (χ1v) is 4.18. The van der Waals surface area contributed by atoms with Crippen molar-refractivity contribution in [1.82, 2.24) is 0 Å². The van der Waals surface area contributed by atoms with Crippen LogP contribution in [0.15, 0.2) is 30.3 Å². The van der Waals surface area contributed by atoms with E-state index in [4.69, 9.17) is 4.74 Å². The lowest BCUT2D eigenvalue weighted by atomic mass is 10.2. The number of hydrogen-bond donors (Lipinski definition) is 0. The molecule has 0 radical (unpaired) electrons. The average molecular weight is 162 g/mol. The summed E-state index contributed by atoms with van der Waals surface area (Å²) in [6.45, 7) is 2.79. The van der Waals surface area contributed by atoms with Crippen molar-refractivity contribution >= 4 is 6.40 Å². The van der Waals surface area contributed by atoms with Gasteiger partial charge in [-0.1, -0.05) is 30.3 Å². The zero-order chi connectivity index (χ0) is 8.23. The Hall–Kier alpha value is -1.31. The normalized spacial score (nSPS) is 15.5. The molecule has 0 unspecified atom stereocenters. The number of hydrogen-bond acceptors (Lipinski definition) is 1. The first-order chi connectivity index (χ1) is 5.95. The van der Waals surface area contributed by atoms with Crippen LogP contribution in [-0.2, 0) is 11.3 Å². The van der Waals surface area contributed by atoms with Gasteiger partial charge in [0.2, 0.25) is 0 Å².